The molecule has 84 valence electrons. The van der Waals surface area contributed by atoms with Crippen LogP contribution in [0, 0.1) is 0 Å². The van der Waals surface area contributed by atoms with Crippen LogP contribution in [-0.2, 0) is 12.8 Å². The van der Waals surface area contributed by atoms with Gasteiger partial charge in [0.2, 0.25) is 0 Å². The van der Waals surface area contributed by atoms with Gasteiger partial charge in [-0.3, -0.25) is 0 Å². The molecule has 1 rings (SSSR count). The lowest BCUT2D eigenvalue weighted by molar-refractivity contribution is 0.195. The van der Waals surface area contributed by atoms with Crippen LogP contribution in [0.1, 0.15) is 44.2 Å². The Morgan fingerprint density at radius 2 is 1.93 bits per heavy atom. The normalized spacial score (nSPS) is 12.7. The van der Waals surface area contributed by atoms with Gasteiger partial charge in [0.15, 0.2) is 0 Å². The minimum absolute atomic E-state index is 0.240. The molecule has 0 saturated carbocycles. The molecule has 0 aromatic heterocycles. The summed E-state index contributed by atoms with van der Waals surface area (Å²) in [5.41, 5.74) is 2.65. The molecule has 0 aliphatic carbocycles. The largest absolute Gasteiger partial charge is 0.393 e. The van der Waals surface area contributed by atoms with Crippen LogP contribution < -0.4 is 0 Å². The minimum Gasteiger partial charge on any atom is -0.393 e. The van der Waals surface area contributed by atoms with Crippen molar-refractivity contribution in [2.24, 2.45) is 0 Å². The second-order valence-corrected chi connectivity index (χ2v) is 4.33. The number of rotatable bonds is 6. The van der Waals surface area contributed by atoms with E-state index in [0.717, 1.165) is 6.42 Å². The molecular weight excluding hydrogens is 184 g/mol. The van der Waals surface area contributed by atoms with Crippen LogP contribution in [-0.4, -0.2) is 11.2 Å². The zero-order valence-corrected chi connectivity index (χ0v) is 9.87. The number of unbranched alkanes of at least 4 members (excludes halogenated alkanes) is 2. The van der Waals surface area contributed by atoms with E-state index in [1.54, 1.807) is 0 Å². The first-order chi connectivity index (χ1) is 7.22. The van der Waals surface area contributed by atoms with Crippen LogP contribution in [0.25, 0.3) is 0 Å². The van der Waals surface area contributed by atoms with E-state index in [0.29, 0.717) is 0 Å². The predicted molar refractivity (Wildman–Crippen MR) is 65.1 cm³/mol. The van der Waals surface area contributed by atoms with Crippen LogP contribution in [0.4, 0.5) is 0 Å². The van der Waals surface area contributed by atoms with E-state index in [4.69, 9.17) is 0 Å². The molecule has 1 atom stereocenters. The van der Waals surface area contributed by atoms with Crippen LogP contribution in [0.15, 0.2) is 24.3 Å². The SMILES string of the molecule is CCCCCc1cccc(CC(C)O)c1. The van der Waals surface area contributed by atoms with Crippen LogP contribution in [0.2, 0.25) is 0 Å². The van der Waals surface area contributed by atoms with Gasteiger partial charge < -0.3 is 5.11 Å². The summed E-state index contributed by atoms with van der Waals surface area (Å²) < 4.78 is 0. The molecule has 1 aromatic carbocycles. The lowest BCUT2D eigenvalue weighted by Crippen LogP contribution is -2.04. The Balaban J connectivity index is 2.50. The molecule has 0 fully saturated rings. The number of aliphatic hydroxyl groups excluding tert-OH is 1. The van der Waals surface area contributed by atoms with Crippen LogP contribution >= 0.6 is 0 Å². The van der Waals surface area contributed by atoms with Gasteiger partial charge in [0.25, 0.3) is 0 Å². The van der Waals surface area contributed by atoms with Gasteiger partial charge in [-0.15, -0.1) is 0 Å². The van der Waals surface area contributed by atoms with Crippen molar-refractivity contribution < 1.29 is 5.11 Å². The molecule has 0 aliphatic rings. The Kier molecular flexibility index (Phi) is 5.41. The first-order valence-electron chi connectivity index (χ1n) is 5.98. The Morgan fingerprint density at radius 1 is 1.20 bits per heavy atom. The lowest BCUT2D eigenvalue weighted by atomic mass is 10.0. The highest BCUT2D eigenvalue weighted by Gasteiger charge is 2.00. The Morgan fingerprint density at radius 3 is 2.60 bits per heavy atom. The van der Waals surface area contributed by atoms with E-state index >= 15 is 0 Å². The maximum atomic E-state index is 9.31. The molecule has 0 bridgehead atoms. The third-order valence-corrected chi connectivity index (χ3v) is 2.59. The van der Waals surface area contributed by atoms with E-state index in [9.17, 15) is 5.11 Å². The van der Waals surface area contributed by atoms with Gasteiger partial charge >= 0.3 is 0 Å². The zero-order chi connectivity index (χ0) is 11.1. The number of aliphatic hydroxyl groups is 1. The average molecular weight is 206 g/mol. The van der Waals surface area contributed by atoms with Gasteiger partial charge in [-0.25, -0.2) is 0 Å². The van der Waals surface area contributed by atoms with Crippen molar-refractivity contribution in [2.75, 3.05) is 0 Å². The summed E-state index contributed by atoms with van der Waals surface area (Å²) in [4.78, 5) is 0. The highest BCUT2D eigenvalue weighted by atomic mass is 16.3. The van der Waals surface area contributed by atoms with Crippen molar-refractivity contribution in [1.82, 2.24) is 0 Å². The Bertz CT molecular complexity index is 278. The fraction of sp³-hybridized carbons (Fsp3) is 0.571. The van der Waals surface area contributed by atoms with Gasteiger partial charge in [-0.05, 0) is 37.3 Å². The summed E-state index contributed by atoms with van der Waals surface area (Å²) in [5.74, 6) is 0. The van der Waals surface area contributed by atoms with E-state index in [2.05, 4.69) is 31.2 Å². The standard InChI is InChI=1S/C14H22O/c1-3-4-5-7-13-8-6-9-14(11-13)10-12(2)15/h6,8-9,11-12,15H,3-5,7,10H2,1-2H3. The molecule has 1 N–H and O–H groups in total. The highest BCUT2D eigenvalue weighted by Crippen LogP contribution is 2.11. The highest BCUT2D eigenvalue weighted by molar-refractivity contribution is 5.24. The molecule has 1 heteroatoms. The molecule has 1 aromatic rings. The van der Waals surface area contributed by atoms with Crippen molar-refractivity contribution in [3.05, 3.63) is 35.4 Å². The maximum absolute atomic E-state index is 9.31. The van der Waals surface area contributed by atoms with Gasteiger partial charge in [0, 0.05) is 0 Å². The smallest absolute Gasteiger partial charge is 0.0552 e. The van der Waals surface area contributed by atoms with Gasteiger partial charge in [-0.1, -0.05) is 44.0 Å². The molecule has 0 amide bonds. The Hall–Kier alpha value is -0.820. The third-order valence-electron chi connectivity index (χ3n) is 2.59. The van der Waals surface area contributed by atoms with Crippen LogP contribution in [0.5, 0.6) is 0 Å². The van der Waals surface area contributed by atoms with Gasteiger partial charge in [-0.2, -0.15) is 0 Å². The van der Waals surface area contributed by atoms with Crippen LogP contribution in [0.3, 0.4) is 0 Å². The fourth-order valence-electron chi connectivity index (χ4n) is 1.83. The third kappa shape index (κ3) is 4.98. The second kappa shape index (κ2) is 6.62. The molecule has 0 saturated heterocycles. The maximum Gasteiger partial charge on any atom is 0.0552 e. The number of benzene rings is 1. The molecule has 15 heavy (non-hydrogen) atoms. The quantitative estimate of drug-likeness (QED) is 0.708. The van der Waals surface area contributed by atoms with Crippen molar-refractivity contribution >= 4 is 0 Å². The van der Waals surface area contributed by atoms with E-state index in [1.807, 2.05) is 6.92 Å². The predicted octanol–water partition coefficient (Wildman–Crippen LogP) is 3.34. The number of aryl methyl sites for hydroxylation is 1. The van der Waals surface area contributed by atoms with Crippen molar-refractivity contribution in [1.29, 1.82) is 0 Å². The molecule has 1 nitrogen and oxygen atoms in total. The summed E-state index contributed by atoms with van der Waals surface area (Å²) in [6.07, 6.45) is 5.54. The van der Waals surface area contributed by atoms with Gasteiger partial charge in [0.05, 0.1) is 6.10 Å². The number of hydrogen-bond acceptors (Lipinski definition) is 1. The topological polar surface area (TPSA) is 20.2 Å². The fourth-order valence-corrected chi connectivity index (χ4v) is 1.83. The Labute approximate surface area is 93.1 Å². The van der Waals surface area contributed by atoms with E-state index in [1.165, 1.54) is 36.8 Å². The van der Waals surface area contributed by atoms with Crippen molar-refractivity contribution in [2.45, 2.75) is 52.1 Å². The van der Waals surface area contributed by atoms with Crippen molar-refractivity contribution in [3.8, 4) is 0 Å². The molecule has 0 heterocycles. The first-order valence-corrected chi connectivity index (χ1v) is 5.98. The molecule has 0 radical (unpaired) electrons. The molecular formula is C14H22O. The van der Waals surface area contributed by atoms with Crippen molar-refractivity contribution in [3.63, 3.8) is 0 Å². The summed E-state index contributed by atoms with van der Waals surface area (Å²) >= 11 is 0. The summed E-state index contributed by atoms with van der Waals surface area (Å²) in [6, 6.07) is 8.60. The molecule has 0 spiro atoms. The zero-order valence-electron chi connectivity index (χ0n) is 9.87. The average Bonchev–Trinajstić information content (AvgIpc) is 2.18. The lowest BCUT2D eigenvalue weighted by Gasteiger charge is -2.06. The number of hydrogen-bond donors (Lipinski definition) is 1. The summed E-state index contributed by atoms with van der Waals surface area (Å²) in [6.45, 7) is 4.06. The monoisotopic (exact) mass is 206 g/mol. The molecule has 0 aliphatic heterocycles. The summed E-state index contributed by atoms with van der Waals surface area (Å²) in [7, 11) is 0. The summed E-state index contributed by atoms with van der Waals surface area (Å²) in [5, 5.41) is 9.31. The minimum atomic E-state index is -0.240. The first kappa shape index (κ1) is 12.3. The van der Waals surface area contributed by atoms with Gasteiger partial charge in [0.1, 0.15) is 0 Å². The van der Waals surface area contributed by atoms with E-state index < -0.39 is 0 Å². The van der Waals surface area contributed by atoms with E-state index in [-0.39, 0.29) is 6.10 Å². The second-order valence-electron chi connectivity index (χ2n) is 4.33. The molecule has 1 unspecified atom stereocenters.